The molecule has 1 heterocycles. The average Bonchev–Trinajstić information content (AvgIpc) is 3.94. The van der Waals surface area contributed by atoms with E-state index in [-0.39, 0.29) is 24.3 Å². The fourth-order valence-corrected chi connectivity index (χ4v) is 9.59. The monoisotopic (exact) mass is 800 g/mol. The summed E-state index contributed by atoms with van der Waals surface area (Å²) in [6, 6.07) is 10.1. The maximum Gasteiger partial charge on any atom is 0.410 e. The zero-order valence-electron chi connectivity index (χ0n) is 37.5. The number of ether oxygens (including phenoxy) is 3. The molecule has 1 aliphatic heterocycles. The summed E-state index contributed by atoms with van der Waals surface area (Å²) in [4.78, 5) is 15.0. The number of carbonyl (C=O) groups is 1. The largest absolute Gasteiger partial charge is 0.445 e. The van der Waals surface area contributed by atoms with E-state index in [1.165, 1.54) is 128 Å². The predicted molar refractivity (Wildman–Crippen MR) is 245 cm³/mol. The lowest BCUT2D eigenvalue weighted by molar-refractivity contribution is -0.196. The molecule has 1 unspecified atom stereocenters. The number of hydrogen-bond acceptors (Lipinski definition) is 4. The van der Waals surface area contributed by atoms with Gasteiger partial charge in [0.2, 0.25) is 0 Å². The zero-order chi connectivity index (χ0) is 40.9. The second-order valence-corrected chi connectivity index (χ2v) is 17.9. The van der Waals surface area contributed by atoms with Crippen molar-refractivity contribution in [2.45, 2.75) is 224 Å². The number of allylic oxidation sites excluding steroid dienone is 8. The van der Waals surface area contributed by atoms with Gasteiger partial charge in [0.05, 0.1) is 12.2 Å². The van der Waals surface area contributed by atoms with E-state index in [0.717, 1.165) is 56.9 Å². The molecule has 2 bridgehead atoms. The minimum Gasteiger partial charge on any atom is -0.445 e. The summed E-state index contributed by atoms with van der Waals surface area (Å²) in [7, 11) is 1.92. The molecule has 0 spiro atoms. The van der Waals surface area contributed by atoms with Crippen LogP contribution in [0.1, 0.15) is 199 Å². The van der Waals surface area contributed by atoms with Crippen LogP contribution in [0.3, 0.4) is 0 Å². The molecule has 0 radical (unpaired) electrons. The van der Waals surface area contributed by atoms with Crippen LogP contribution in [-0.4, -0.2) is 42.1 Å². The number of fused-ring (bicyclic) bond motifs is 5. The van der Waals surface area contributed by atoms with Crippen molar-refractivity contribution in [2.75, 3.05) is 7.05 Å². The number of nitrogens with zero attached hydrogens (tertiary/aromatic N) is 1. The van der Waals surface area contributed by atoms with E-state index in [4.69, 9.17) is 14.2 Å². The van der Waals surface area contributed by atoms with Crippen LogP contribution < -0.4 is 0 Å². The van der Waals surface area contributed by atoms with E-state index in [1.54, 1.807) is 0 Å². The van der Waals surface area contributed by atoms with Gasteiger partial charge in [-0.25, -0.2) is 4.79 Å². The molecule has 0 N–H and O–H groups in total. The van der Waals surface area contributed by atoms with Crippen LogP contribution in [0, 0.1) is 11.8 Å². The Morgan fingerprint density at radius 3 is 1.64 bits per heavy atom. The molecule has 326 valence electrons. The molecule has 1 aromatic rings. The van der Waals surface area contributed by atoms with E-state index < -0.39 is 5.79 Å². The number of benzene rings is 1. The van der Waals surface area contributed by atoms with Gasteiger partial charge >= 0.3 is 6.09 Å². The van der Waals surface area contributed by atoms with Gasteiger partial charge in [-0.1, -0.05) is 170 Å². The minimum absolute atomic E-state index is 0.0815. The summed E-state index contributed by atoms with van der Waals surface area (Å²) in [6.07, 6.45) is 53.1. The Morgan fingerprint density at radius 1 is 0.621 bits per heavy atom. The van der Waals surface area contributed by atoms with E-state index in [9.17, 15) is 4.79 Å². The quantitative estimate of drug-likeness (QED) is 0.0525. The molecule has 4 rings (SSSR count). The van der Waals surface area contributed by atoms with Crippen LogP contribution in [0.25, 0.3) is 0 Å². The summed E-state index contributed by atoms with van der Waals surface area (Å²) in [5.74, 6) is 0.300. The van der Waals surface area contributed by atoms with Gasteiger partial charge in [0.1, 0.15) is 6.61 Å². The van der Waals surface area contributed by atoms with Crippen molar-refractivity contribution in [1.29, 1.82) is 0 Å². The van der Waals surface area contributed by atoms with Crippen molar-refractivity contribution in [3.8, 4) is 0 Å². The summed E-state index contributed by atoms with van der Waals surface area (Å²) in [6.45, 7) is 4.85. The van der Waals surface area contributed by atoms with Crippen LogP contribution in [0.2, 0.25) is 0 Å². The highest BCUT2D eigenvalue weighted by Gasteiger charge is 2.62. The third-order valence-corrected chi connectivity index (χ3v) is 13.0. The van der Waals surface area contributed by atoms with Gasteiger partial charge in [0.15, 0.2) is 5.79 Å². The topological polar surface area (TPSA) is 48.0 Å². The number of hydrogen-bond donors (Lipinski definition) is 0. The molecule has 2 aliphatic carbocycles. The van der Waals surface area contributed by atoms with E-state index in [1.807, 2.05) is 42.3 Å². The number of carbonyl (C=O) groups excluding carboxylic acids is 1. The predicted octanol–water partition coefficient (Wildman–Crippen LogP) is 15.6. The lowest BCUT2D eigenvalue weighted by Gasteiger charge is -2.35. The molecule has 5 nitrogen and oxygen atoms in total. The van der Waals surface area contributed by atoms with Gasteiger partial charge in [-0.3, -0.25) is 0 Å². The highest BCUT2D eigenvalue weighted by atomic mass is 16.8. The van der Waals surface area contributed by atoms with Crippen LogP contribution in [0.4, 0.5) is 4.79 Å². The molecule has 3 aliphatic rings. The molecular formula is C53H85NO4. The van der Waals surface area contributed by atoms with E-state index in [2.05, 4.69) is 62.5 Å². The number of amides is 1. The lowest BCUT2D eigenvalue weighted by Crippen LogP contribution is -2.47. The van der Waals surface area contributed by atoms with Crippen LogP contribution >= 0.6 is 0 Å². The van der Waals surface area contributed by atoms with Crippen LogP contribution in [0.15, 0.2) is 78.9 Å². The Balaban J connectivity index is 1.16. The first-order chi connectivity index (χ1) is 28.6. The summed E-state index contributed by atoms with van der Waals surface area (Å²) >= 11 is 0. The SMILES string of the molecule is CCCCCC=CCC=CCCCCCCCCC1(CCCCCCC=CCC=CCCCCCCC)O[C@@H]2[C@@H]3C[C@H]([C@@H]2O1)[C@H](N(C)C(=O)OCc1ccccc1)C3. The smallest absolute Gasteiger partial charge is 0.410 e. The standard InChI is InChI=1S/C53H85NO4/c1-4-6-8-10-12-14-16-18-20-22-24-26-28-30-32-37-41-53(42-38-33-31-29-27-25-23-21-19-17-15-13-11-9-7-5-2)57-50-47-43-48(51(50)58-53)49(44-47)54(3)52(55)56-45-46-39-35-34-36-40-46/h12,14,17-20,23,25,34-36,39-40,47-51H,4-11,13,15-16,21-22,24,26-33,37-38,41-45H2,1-3H3/t47-,48+,49-,50-,51+,53?/m1/s1. The van der Waals surface area contributed by atoms with Gasteiger partial charge in [-0.2, -0.15) is 0 Å². The molecule has 0 aromatic heterocycles. The fourth-order valence-electron chi connectivity index (χ4n) is 9.59. The van der Waals surface area contributed by atoms with Crippen molar-refractivity contribution < 1.29 is 19.0 Å². The summed E-state index contributed by atoms with van der Waals surface area (Å²) < 4.78 is 19.9. The number of unbranched alkanes of at least 4 members (excludes halogenated alkanes) is 18. The maximum absolute atomic E-state index is 13.2. The Kier molecular flexibility index (Phi) is 24.5. The third kappa shape index (κ3) is 17.9. The molecule has 3 fully saturated rings. The first kappa shape index (κ1) is 48.0. The summed E-state index contributed by atoms with van der Waals surface area (Å²) in [5.41, 5.74) is 1.02. The Morgan fingerprint density at radius 2 is 1.09 bits per heavy atom. The van der Waals surface area contributed by atoms with Gasteiger partial charge in [0, 0.05) is 31.8 Å². The minimum atomic E-state index is -0.467. The average molecular weight is 800 g/mol. The van der Waals surface area contributed by atoms with Gasteiger partial charge < -0.3 is 19.1 Å². The summed E-state index contributed by atoms with van der Waals surface area (Å²) in [5, 5.41) is 0. The normalized spacial score (nSPS) is 24.0. The maximum atomic E-state index is 13.2. The first-order valence-corrected chi connectivity index (χ1v) is 24.5. The second-order valence-electron chi connectivity index (χ2n) is 17.9. The van der Waals surface area contributed by atoms with Crippen molar-refractivity contribution >= 4 is 6.09 Å². The van der Waals surface area contributed by atoms with Crippen LogP contribution in [-0.2, 0) is 20.8 Å². The Hall–Kier alpha value is -2.63. The van der Waals surface area contributed by atoms with Crippen molar-refractivity contribution in [2.24, 2.45) is 11.8 Å². The highest BCUT2D eigenvalue weighted by molar-refractivity contribution is 5.68. The Bertz CT molecular complexity index is 1320. The first-order valence-electron chi connectivity index (χ1n) is 24.5. The van der Waals surface area contributed by atoms with Gasteiger partial charge in [0.25, 0.3) is 0 Å². The fraction of sp³-hybridized carbons (Fsp3) is 0.717. The third-order valence-electron chi connectivity index (χ3n) is 13.0. The second kappa shape index (κ2) is 29.6. The zero-order valence-corrected chi connectivity index (χ0v) is 37.5. The molecule has 2 saturated carbocycles. The van der Waals surface area contributed by atoms with Crippen LogP contribution in [0.5, 0.6) is 0 Å². The Labute approximate surface area is 356 Å². The molecule has 5 heteroatoms. The van der Waals surface area contributed by atoms with Crippen molar-refractivity contribution in [3.05, 3.63) is 84.5 Å². The number of rotatable bonds is 33. The van der Waals surface area contributed by atoms with E-state index in [0.29, 0.717) is 18.4 Å². The molecule has 1 amide bonds. The molecule has 6 atom stereocenters. The highest BCUT2D eigenvalue weighted by Crippen LogP contribution is 2.56. The lowest BCUT2D eigenvalue weighted by atomic mass is 9.90. The van der Waals surface area contributed by atoms with Gasteiger partial charge in [-0.15, -0.1) is 0 Å². The van der Waals surface area contributed by atoms with Gasteiger partial charge in [-0.05, 0) is 101 Å². The van der Waals surface area contributed by atoms with Crippen molar-refractivity contribution in [1.82, 2.24) is 4.90 Å². The van der Waals surface area contributed by atoms with E-state index >= 15 is 0 Å². The molecule has 1 aromatic carbocycles. The molecule has 1 saturated heterocycles. The molecular weight excluding hydrogens is 715 g/mol. The molecule has 58 heavy (non-hydrogen) atoms. The van der Waals surface area contributed by atoms with Crippen molar-refractivity contribution in [3.63, 3.8) is 0 Å².